The molecular weight excluding hydrogens is 358 g/mol. The van der Waals surface area contributed by atoms with Gasteiger partial charge in [-0.25, -0.2) is 8.42 Å². The van der Waals surface area contributed by atoms with Crippen molar-refractivity contribution in [2.45, 2.75) is 22.3 Å². The fraction of sp³-hybridized carbons (Fsp3) is 0.133. The fourth-order valence-electron chi connectivity index (χ4n) is 2.04. The van der Waals surface area contributed by atoms with Crippen molar-refractivity contribution >= 4 is 28.2 Å². The number of sulfone groups is 1. The first-order chi connectivity index (χ1) is 10.7. The molecule has 5 N–H and O–H groups in total. The predicted molar refractivity (Wildman–Crippen MR) is 88.2 cm³/mol. The van der Waals surface area contributed by atoms with E-state index in [9.17, 15) is 23.4 Å². The number of nitrogens with two attached hydrogens (primary N) is 1. The largest absolute Gasteiger partial charge is 0.504 e. The number of halogens is 1. The van der Waals surface area contributed by atoms with Crippen molar-refractivity contribution in [1.82, 2.24) is 0 Å². The van der Waals surface area contributed by atoms with Gasteiger partial charge >= 0.3 is 5.97 Å². The third-order valence-electron chi connectivity index (χ3n) is 3.23. The minimum absolute atomic E-state index is 0. The second kappa shape index (κ2) is 7.52. The number of hydrogen-bond acceptors (Lipinski definition) is 6. The SMILES string of the molecule is Cl.NC(Cc1cc(O)c(O)c(S(=O)(=O)c2ccccc2)c1)C(=O)O. The first-order valence-electron chi connectivity index (χ1n) is 6.57. The summed E-state index contributed by atoms with van der Waals surface area (Å²) >= 11 is 0. The van der Waals surface area contributed by atoms with E-state index in [0.29, 0.717) is 0 Å². The normalized spacial score (nSPS) is 12.2. The molecule has 0 saturated heterocycles. The highest BCUT2D eigenvalue weighted by atomic mass is 35.5. The highest BCUT2D eigenvalue weighted by molar-refractivity contribution is 7.91. The maximum Gasteiger partial charge on any atom is 0.320 e. The van der Waals surface area contributed by atoms with Gasteiger partial charge in [-0.15, -0.1) is 12.4 Å². The van der Waals surface area contributed by atoms with Crippen LogP contribution >= 0.6 is 12.4 Å². The van der Waals surface area contributed by atoms with Crippen LogP contribution in [-0.4, -0.2) is 35.7 Å². The van der Waals surface area contributed by atoms with Crippen molar-refractivity contribution in [3.63, 3.8) is 0 Å². The summed E-state index contributed by atoms with van der Waals surface area (Å²) in [6, 6.07) is 8.32. The molecule has 0 aliphatic carbocycles. The molecule has 0 aliphatic rings. The van der Waals surface area contributed by atoms with E-state index in [1.165, 1.54) is 24.3 Å². The average Bonchev–Trinajstić information content (AvgIpc) is 2.51. The Balaban J connectivity index is 0.00000288. The molecular formula is C15H16ClNO6S. The number of carbonyl (C=O) groups is 1. The van der Waals surface area contributed by atoms with Gasteiger partial charge in [0.25, 0.3) is 0 Å². The molecule has 2 aromatic carbocycles. The zero-order valence-corrected chi connectivity index (χ0v) is 13.9. The smallest absolute Gasteiger partial charge is 0.320 e. The van der Waals surface area contributed by atoms with Gasteiger partial charge in [0.15, 0.2) is 11.5 Å². The number of aromatic hydroxyl groups is 2. The second-order valence-corrected chi connectivity index (χ2v) is 6.85. The van der Waals surface area contributed by atoms with E-state index in [1.807, 2.05) is 0 Å². The van der Waals surface area contributed by atoms with E-state index in [2.05, 4.69) is 0 Å². The van der Waals surface area contributed by atoms with Crippen LogP contribution in [0.5, 0.6) is 11.5 Å². The quantitative estimate of drug-likeness (QED) is 0.579. The van der Waals surface area contributed by atoms with Crippen LogP contribution in [0.2, 0.25) is 0 Å². The van der Waals surface area contributed by atoms with Gasteiger partial charge in [-0.1, -0.05) is 18.2 Å². The zero-order chi connectivity index (χ0) is 17.2. The van der Waals surface area contributed by atoms with Gasteiger partial charge in [0, 0.05) is 0 Å². The Kier molecular flexibility index (Phi) is 6.19. The Bertz CT molecular complexity index is 839. The number of carboxylic acid groups (broad SMARTS) is 1. The van der Waals surface area contributed by atoms with Gasteiger partial charge < -0.3 is 21.1 Å². The van der Waals surface area contributed by atoms with Crippen molar-refractivity contribution < 1.29 is 28.5 Å². The summed E-state index contributed by atoms with van der Waals surface area (Å²) < 4.78 is 25.1. The lowest BCUT2D eigenvalue weighted by atomic mass is 10.1. The lowest BCUT2D eigenvalue weighted by Crippen LogP contribution is -2.32. The fourth-order valence-corrected chi connectivity index (χ4v) is 3.47. The Labute approximate surface area is 144 Å². The van der Waals surface area contributed by atoms with Crippen LogP contribution in [0.1, 0.15) is 5.56 Å². The Hall–Kier alpha value is -2.29. The van der Waals surface area contributed by atoms with E-state index in [4.69, 9.17) is 10.8 Å². The maximum absolute atomic E-state index is 12.6. The van der Waals surface area contributed by atoms with Crippen LogP contribution in [0, 0.1) is 0 Å². The van der Waals surface area contributed by atoms with Gasteiger partial charge in [-0.2, -0.15) is 0 Å². The number of rotatable bonds is 5. The van der Waals surface area contributed by atoms with Gasteiger partial charge in [0.1, 0.15) is 10.9 Å². The van der Waals surface area contributed by atoms with Crippen molar-refractivity contribution in [2.24, 2.45) is 5.73 Å². The number of aliphatic carboxylic acids is 1. The molecule has 130 valence electrons. The molecule has 7 nitrogen and oxygen atoms in total. The first kappa shape index (κ1) is 19.8. The Morgan fingerprint density at radius 1 is 1.12 bits per heavy atom. The predicted octanol–water partition coefficient (Wildman–Crippen LogP) is 1.31. The lowest BCUT2D eigenvalue weighted by Gasteiger charge is -2.12. The molecule has 1 unspecified atom stereocenters. The number of phenolic OH excluding ortho intramolecular Hbond substituents is 2. The van der Waals surface area contributed by atoms with Crippen LogP contribution in [0.3, 0.4) is 0 Å². The lowest BCUT2D eigenvalue weighted by molar-refractivity contribution is -0.138. The molecule has 0 heterocycles. The van der Waals surface area contributed by atoms with Gasteiger partial charge in [0.2, 0.25) is 9.84 Å². The first-order valence-corrected chi connectivity index (χ1v) is 8.05. The highest BCUT2D eigenvalue weighted by Crippen LogP contribution is 2.36. The summed E-state index contributed by atoms with van der Waals surface area (Å²) in [4.78, 5) is 10.2. The van der Waals surface area contributed by atoms with Gasteiger partial charge in [-0.05, 0) is 36.2 Å². The summed E-state index contributed by atoms with van der Waals surface area (Å²) in [5.41, 5.74) is 5.60. The van der Waals surface area contributed by atoms with Gasteiger partial charge in [-0.3, -0.25) is 4.79 Å². The van der Waals surface area contributed by atoms with Crippen LogP contribution in [0.4, 0.5) is 0 Å². The molecule has 0 spiro atoms. The number of benzene rings is 2. The molecule has 0 amide bonds. The molecule has 2 aromatic rings. The number of carboxylic acids is 1. The van der Waals surface area contributed by atoms with Crippen molar-refractivity contribution in [3.05, 3.63) is 48.0 Å². The highest BCUT2D eigenvalue weighted by Gasteiger charge is 2.25. The van der Waals surface area contributed by atoms with Gasteiger partial charge in [0.05, 0.1) is 4.90 Å². The van der Waals surface area contributed by atoms with Crippen molar-refractivity contribution in [2.75, 3.05) is 0 Å². The molecule has 0 saturated carbocycles. The Morgan fingerprint density at radius 3 is 2.25 bits per heavy atom. The van der Waals surface area contributed by atoms with E-state index >= 15 is 0 Å². The molecule has 0 fully saturated rings. The van der Waals surface area contributed by atoms with Crippen LogP contribution in [-0.2, 0) is 21.1 Å². The minimum atomic E-state index is -4.07. The molecule has 9 heteroatoms. The summed E-state index contributed by atoms with van der Waals surface area (Å²) in [5.74, 6) is -2.71. The molecule has 24 heavy (non-hydrogen) atoms. The maximum atomic E-state index is 12.6. The van der Waals surface area contributed by atoms with Crippen molar-refractivity contribution in [1.29, 1.82) is 0 Å². The van der Waals surface area contributed by atoms with E-state index in [0.717, 1.165) is 12.1 Å². The third-order valence-corrected chi connectivity index (χ3v) is 5.01. The summed E-state index contributed by atoms with van der Waals surface area (Å²) in [5, 5.41) is 28.4. The number of phenols is 2. The molecule has 0 aromatic heterocycles. The summed E-state index contributed by atoms with van der Waals surface area (Å²) in [6.07, 6.45) is -0.194. The molecule has 2 rings (SSSR count). The van der Waals surface area contributed by atoms with Crippen LogP contribution in [0.15, 0.2) is 52.3 Å². The van der Waals surface area contributed by atoms with Crippen molar-refractivity contribution in [3.8, 4) is 11.5 Å². The summed E-state index contributed by atoms with van der Waals surface area (Å²) in [7, 11) is -4.07. The van der Waals surface area contributed by atoms with Crippen LogP contribution < -0.4 is 5.73 Å². The van der Waals surface area contributed by atoms with Crippen LogP contribution in [0.25, 0.3) is 0 Å². The third kappa shape index (κ3) is 3.97. The van der Waals surface area contributed by atoms with E-state index < -0.39 is 38.2 Å². The monoisotopic (exact) mass is 373 g/mol. The van der Waals surface area contributed by atoms with E-state index in [1.54, 1.807) is 6.07 Å². The molecule has 1 atom stereocenters. The zero-order valence-electron chi connectivity index (χ0n) is 12.3. The average molecular weight is 374 g/mol. The summed E-state index contributed by atoms with van der Waals surface area (Å²) in [6.45, 7) is 0. The Morgan fingerprint density at radius 2 is 1.71 bits per heavy atom. The number of hydrogen-bond donors (Lipinski definition) is 4. The van der Waals surface area contributed by atoms with E-state index in [-0.39, 0.29) is 29.3 Å². The second-order valence-electron chi connectivity index (χ2n) is 4.93. The standard InChI is InChI=1S/C15H15NO6S.ClH/c16-11(15(19)20)6-9-7-12(17)14(18)13(8-9)23(21,22)10-4-2-1-3-5-10;/h1-5,7-8,11,17-18H,6,16H2,(H,19,20);1H. The topological polar surface area (TPSA) is 138 Å². The minimum Gasteiger partial charge on any atom is -0.504 e. The molecule has 0 aliphatic heterocycles. The molecule has 0 radical (unpaired) electrons. The molecule has 0 bridgehead atoms.